The molecule has 8 nitrogen and oxygen atoms in total. The van der Waals surface area contributed by atoms with Crippen LogP contribution in [0.1, 0.15) is 35.5 Å². The summed E-state index contributed by atoms with van der Waals surface area (Å²) in [6, 6.07) is 2.01. The summed E-state index contributed by atoms with van der Waals surface area (Å²) in [5.74, 6) is -2.21. The largest absolute Gasteiger partial charge is 0.480 e. The molecule has 3 atom stereocenters. The summed E-state index contributed by atoms with van der Waals surface area (Å²) in [6.45, 7) is 4.45. The molecule has 1 aromatic heterocycles. The maximum Gasteiger partial charge on any atom is 0.283 e. The third-order valence-corrected chi connectivity index (χ3v) is 5.35. The zero-order valence-corrected chi connectivity index (χ0v) is 17.3. The van der Waals surface area contributed by atoms with Crippen LogP contribution in [-0.4, -0.2) is 41.5 Å². The van der Waals surface area contributed by atoms with E-state index in [0.717, 1.165) is 6.07 Å². The van der Waals surface area contributed by atoms with Crippen LogP contribution in [0.2, 0.25) is 0 Å². The minimum atomic E-state index is -3.08. The van der Waals surface area contributed by atoms with Crippen LogP contribution < -0.4 is 15.8 Å². The number of aryl methyl sites for hydroxylation is 1. The van der Waals surface area contributed by atoms with Gasteiger partial charge in [-0.2, -0.15) is 0 Å². The molecule has 0 spiro atoms. The summed E-state index contributed by atoms with van der Waals surface area (Å²) in [7, 11) is 1.40. The van der Waals surface area contributed by atoms with E-state index in [1.165, 1.54) is 39.4 Å². The molecule has 166 valence electrons. The maximum absolute atomic E-state index is 15.1. The number of carbonyl (C=O) groups is 1. The number of amidine groups is 1. The molecule has 11 heteroatoms. The number of ether oxygens (including phenoxy) is 2. The number of hydrogen-bond donors (Lipinski definition) is 2. The molecule has 0 bridgehead atoms. The van der Waals surface area contributed by atoms with E-state index in [4.69, 9.17) is 15.2 Å². The van der Waals surface area contributed by atoms with E-state index in [1.54, 1.807) is 6.92 Å². The van der Waals surface area contributed by atoms with E-state index in [9.17, 15) is 13.6 Å². The first-order valence-corrected chi connectivity index (χ1v) is 9.38. The number of amides is 1. The summed E-state index contributed by atoms with van der Waals surface area (Å²) in [5.41, 5.74) is 3.06. The van der Waals surface area contributed by atoms with Crippen molar-refractivity contribution < 1.29 is 27.4 Å². The van der Waals surface area contributed by atoms with Gasteiger partial charge in [0.15, 0.2) is 5.54 Å². The zero-order valence-electron chi connectivity index (χ0n) is 17.3. The number of nitrogens with one attached hydrogen (secondary N) is 1. The van der Waals surface area contributed by atoms with E-state index < -0.39 is 41.7 Å². The molecular weight excluding hydrogens is 415 g/mol. The van der Waals surface area contributed by atoms with Crippen molar-refractivity contribution in [3.63, 3.8) is 0 Å². The molecule has 1 aromatic carbocycles. The molecule has 2 heterocycles. The molecule has 0 aliphatic carbocycles. The van der Waals surface area contributed by atoms with Crippen LogP contribution in [-0.2, 0) is 10.3 Å². The number of aliphatic imine (C=N–C) groups is 1. The van der Waals surface area contributed by atoms with Crippen LogP contribution in [0, 0.1) is 18.7 Å². The number of carbonyl (C=O) groups excluding carboxylic acids is 1. The first kappa shape index (κ1) is 22.3. The summed E-state index contributed by atoms with van der Waals surface area (Å²) >= 11 is 0. The van der Waals surface area contributed by atoms with Gasteiger partial charge < -0.3 is 20.5 Å². The molecule has 0 saturated heterocycles. The Labute approximate surface area is 176 Å². The smallest absolute Gasteiger partial charge is 0.283 e. The summed E-state index contributed by atoms with van der Waals surface area (Å²) in [4.78, 5) is 24.2. The second kappa shape index (κ2) is 8.40. The number of benzene rings is 1. The summed E-state index contributed by atoms with van der Waals surface area (Å²) in [6.07, 6.45) is -1.37. The molecule has 1 amide bonds. The number of alkyl halides is 2. The minimum Gasteiger partial charge on any atom is -0.480 e. The Kier molecular flexibility index (Phi) is 6.05. The van der Waals surface area contributed by atoms with Crippen LogP contribution in [0.15, 0.2) is 29.5 Å². The lowest BCUT2D eigenvalue weighted by atomic mass is 9.75. The highest BCUT2D eigenvalue weighted by atomic mass is 19.3. The van der Waals surface area contributed by atoms with Gasteiger partial charge in [0, 0.05) is 17.2 Å². The molecule has 0 saturated carbocycles. The third kappa shape index (κ3) is 3.99. The van der Waals surface area contributed by atoms with Crippen molar-refractivity contribution in [2.24, 2.45) is 16.6 Å². The second-order valence-electron chi connectivity index (χ2n) is 7.24. The van der Waals surface area contributed by atoms with Gasteiger partial charge in [0.05, 0.1) is 19.5 Å². The van der Waals surface area contributed by atoms with Gasteiger partial charge in [-0.3, -0.25) is 4.79 Å². The van der Waals surface area contributed by atoms with Gasteiger partial charge in [0.1, 0.15) is 17.6 Å². The van der Waals surface area contributed by atoms with Crippen LogP contribution in [0.5, 0.6) is 5.88 Å². The van der Waals surface area contributed by atoms with E-state index in [1.807, 2.05) is 0 Å². The second-order valence-corrected chi connectivity index (χ2v) is 7.24. The van der Waals surface area contributed by atoms with E-state index in [0.29, 0.717) is 0 Å². The van der Waals surface area contributed by atoms with E-state index in [-0.39, 0.29) is 28.4 Å². The Bertz CT molecular complexity index is 1020. The zero-order chi connectivity index (χ0) is 22.9. The molecule has 0 radical (unpaired) electrons. The van der Waals surface area contributed by atoms with Crippen LogP contribution in [0.3, 0.4) is 0 Å². The van der Waals surface area contributed by atoms with E-state index >= 15 is 4.39 Å². The average Bonchev–Trinajstić information content (AvgIpc) is 2.73. The van der Waals surface area contributed by atoms with Crippen molar-refractivity contribution in [3.8, 4) is 5.88 Å². The first-order valence-electron chi connectivity index (χ1n) is 9.38. The van der Waals surface area contributed by atoms with Crippen molar-refractivity contribution >= 4 is 17.6 Å². The number of hydrogen-bond acceptors (Lipinski definition) is 7. The Balaban J connectivity index is 2.06. The molecule has 3 N–H and O–H groups in total. The van der Waals surface area contributed by atoms with Crippen LogP contribution >= 0.6 is 0 Å². The highest BCUT2D eigenvalue weighted by molar-refractivity contribution is 6.02. The van der Waals surface area contributed by atoms with Crippen molar-refractivity contribution in [2.75, 3.05) is 12.4 Å². The predicted molar refractivity (Wildman–Crippen MR) is 107 cm³/mol. The Morgan fingerprint density at radius 3 is 2.58 bits per heavy atom. The summed E-state index contributed by atoms with van der Waals surface area (Å²) in [5, 5.41) is 2.53. The quantitative estimate of drug-likeness (QED) is 0.744. The van der Waals surface area contributed by atoms with Crippen molar-refractivity contribution in [1.29, 1.82) is 0 Å². The standard InChI is InChI=1S/C20H22F3N5O3/c1-9-5-12(27-17(29)14-7-26-15(30-4)8-25-14)6-13(16(9)21)20(18(22)23)10(2)11(3)31-19(24)28-20/h5-8,10-11,18H,1-4H3,(H2,24,28)(H,27,29)/t10-,11+,20-/m0/s1. The average molecular weight is 437 g/mol. The molecule has 0 unspecified atom stereocenters. The molecule has 31 heavy (non-hydrogen) atoms. The van der Waals surface area contributed by atoms with E-state index in [2.05, 4.69) is 20.3 Å². The minimum absolute atomic E-state index is 0.0387. The van der Waals surface area contributed by atoms with Gasteiger partial charge in [-0.25, -0.2) is 28.1 Å². The van der Waals surface area contributed by atoms with Crippen LogP contribution in [0.4, 0.5) is 18.9 Å². The van der Waals surface area contributed by atoms with Gasteiger partial charge in [0.2, 0.25) is 5.88 Å². The van der Waals surface area contributed by atoms with Gasteiger partial charge in [-0.1, -0.05) is 6.92 Å². The topological polar surface area (TPSA) is 112 Å². The van der Waals surface area contributed by atoms with Crippen molar-refractivity contribution in [2.45, 2.75) is 38.8 Å². The lowest BCUT2D eigenvalue weighted by Gasteiger charge is -2.42. The number of nitrogens with two attached hydrogens (primary N) is 1. The predicted octanol–water partition coefficient (Wildman–Crippen LogP) is 3.01. The Morgan fingerprint density at radius 1 is 1.29 bits per heavy atom. The fourth-order valence-electron chi connectivity index (χ4n) is 3.50. The molecule has 2 aromatic rings. The van der Waals surface area contributed by atoms with Crippen LogP contribution in [0.25, 0.3) is 0 Å². The first-order chi connectivity index (χ1) is 14.6. The lowest BCUT2D eigenvalue weighted by molar-refractivity contribution is -0.0364. The highest BCUT2D eigenvalue weighted by Gasteiger charge is 2.53. The highest BCUT2D eigenvalue weighted by Crippen LogP contribution is 2.46. The van der Waals surface area contributed by atoms with Gasteiger partial charge in [-0.15, -0.1) is 0 Å². The number of methoxy groups -OCH3 is 1. The Hall–Kier alpha value is -3.37. The number of rotatable bonds is 5. The Morgan fingerprint density at radius 2 is 2.00 bits per heavy atom. The number of anilines is 1. The fourth-order valence-corrected chi connectivity index (χ4v) is 3.50. The lowest BCUT2D eigenvalue weighted by Crippen LogP contribution is -2.51. The monoisotopic (exact) mass is 437 g/mol. The molecular formula is C20H22F3N5O3. The van der Waals surface area contributed by atoms with Gasteiger partial charge in [0.25, 0.3) is 18.4 Å². The summed E-state index contributed by atoms with van der Waals surface area (Å²) < 4.78 is 54.0. The number of halogens is 3. The molecule has 3 rings (SSSR count). The molecule has 1 aliphatic rings. The van der Waals surface area contributed by atoms with Crippen molar-refractivity contribution in [3.05, 3.63) is 47.2 Å². The SMILES string of the molecule is COc1cnc(C(=O)Nc2cc(C)c(F)c([C@@]3(C(F)F)N=C(N)O[C@H](C)[C@@H]3C)c2)cn1. The normalized spacial score (nSPS) is 23.2. The fraction of sp³-hybridized carbons (Fsp3) is 0.400. The molecule has 0 fully saturated rings. The number of aromatic nitrogens is 2. The maximum atomic E-state index is 15.1. The van der Waals surface area contributed by atoms with Gasteiger partial charge >= 0.3 is 0 Å². The third-order valence-electron chi connectivity index (χ3n) is 5.35. The molecule has 1 aliphatic heterocycles. The van der Waals surface area contributed by atoms with Crippen molar-refractivity contribution in [1.82, 2.24) is 9.97 Å². The van der Waals surface area contributed by atoms with Gasteiger partial charge in [-0.05, 0) is 31.5 Å². The number of nitrogens with zero attached hydrogens (tertiary/aromatic N) is 3.